The molecule has 1 aliphatic carbocycles. The molecule has 0 unspecified atom stereocenters. The summed E-state index contributed by atoms with van der Waals surface area (Å²) in [5.74, 6) is 0.754. The fourth-order valence-corrected chi connectivity index (χ4v) is 6.52. The van der Waals surface area contributed by atoms with Crippen LogP contribution in [-0.2, 0) is 19.5 Å². The van der Waals surface area contributed by atoms with E-state index in [4.69, 9.17) is 24.3 Å². The number of nitrogens with zero attached hydrogens (tertiary/aromatic N) is 4. The average Bonchev–Trinajstić information content (AvgIpc) is 3.68. The van der Waals surface area contributed by atoms with E-state index >= 15 is 0 Å². The Bertz CT molecular complexity index is 1430. The molecule has 2 atom stereocenters. The minimum atomic E-state index is -3.90. The Morgan fingerprint density at radius 2 is 1.78 bits per heavy atom. The van der Waals surface area contributed by atoms with Crippen LogP contribution < -0.4 is 9.88 Å². The molecule has 6 rings (SSSR count). The number of hydrogen-bond acceptors (Lipinski definition) is 9. The van der Waals surface area contributed by atoms with Crippen LogP contribution >= 0.6 is 0 Å². The number of amides is 2. The Morgan fingerprint density at radius 3 is 2.37 bits per heavy atom. The predicted molar refractivity (Wildman–Crippen MR) is 146 cm³/mol. The summed E-state index contributed by atoms with van der Waals surface area (Å²) in [5.41, 5.74) is 0.869. The zero-order valence-electron chi connectivity index (χ0n) is 23.0. The van der Waals surface area contributed by atoms with E-state index in [1.807, 2.05) is 6.07 Å². The number of primary sulfonamides is 1. The highest BCUT2D eigenvalue weighted by atomic mass is 32.2. The van der Waals surface area contributed by atoms with Crippen molar-refractivity contribution < 1.29 is 32.2 Å². The molecule has 4 aliphatic rings. The Morgan fingerprint density at radius 1 is 1.07 bits per heavy atom. The van der Waals surface area contributed by atoms with E-state index < -0.39 is 15.6 Å². The summed E-state index contributed by atoms with van der Waals surface area (Å²) in [6.45, 7) is 3.50. The Balaban J connectivity index is 1.14. The summed E-state index contributed by atoms with van der Waals surface area (Å²) in [5, 5.41) is 5.14. The van der Waals surface area contributed by atoms with Crippen molar-refractivity contribution in [1.29, 1.82) is 0 Å². The first-order valence-corrected chi connectivity index (χ1v) is 15.5. The Kier molecular flexibility index (Phi) is 7.47. The molecule has 41 heavy (non-hydrogen) atoms. The minimum absolute atomic E-state index is 0.0851. The number of ether oxygens (including phenoxy) is 3. The van der Waals surface area contributed by atoms with Gasteiger partial charge >= 0.3 is 0 Å². The number of rotatable bonds is 8. The summed E-state index contributed by atoms with van der Waals surface area (Å²) < 4.78 is 40.5. The van der Waals surface area contributed by atoms with Crippen molar-refractivity contribution in [1.82, 2.24) is 19.8 Å². The molecular formula is C28H35N5O7S. The number of fused-ring (bicyclic) bond motifs is 1. The lowest BCUT2D eigenvalue weighted by Gasteiger charge is -2.28. The molecule has 0 radical (unpaired) electrons. The maximum atomic E-state index is 13.8. The molecule has 0 bridgehead atoms. The van der Waals surface area contributed by atoms with Crippen molar-refractivity contribution in [2.75, 3.05) is 53.1 Å². The quantitative estimate of drug-likeness (QED) is 0.484. The van der Waals surface area contributed by atoms with Gasteiger partial charge in [0.25, 0.3) is 11.8 Å². The van der Waals surface area contributed by atoms with Crippen LogP contribution in [-0.4, -0.2) is 98.7 Å². The van der Waals surface area contributed by atoms with Crippen LogP contribution in [0.4, 0.5) is 0 Å². The SMILES string of the molecule is CO[C@]12CN(C(=O)c3cc(OCC4CCOCC4)nc(C4CC4)c3)C[C@@H]1CN(C(=O)c1ccc(S(N)(=O)=O)cn1)C2. The van der Waals surface area contributed by atoms with Crippen LogP contribution in [0.25, 0.3) is 0 Å². The van der Waals surface area contributed by atoms with E-state index in [9.17, 15) is 18.0 Å². The number of nitrogens with two attached hydrogens (primary N) is 1. The second kappa shape index (κ2) is 10.9. The number of aromatic nitrogens is 2. The van der Waals surface area contributed by atoms with Crippen LogP contribution in [0.3, 0.4) is 0 Å². The van der Waals surface area contributed by atoms with Crippen molar-refractivity contribution >= 4 is 21.8 Å². The third-order valence-electron chi connectivity index (χ3n) is 8.68. The molecule has 0 spiro atoms. The van der Waals surface area contributed by atoms with Crippen LogP contribution in [0.5, 0.6) is 5.88 Å². The maximum absolute atomic E-state index is 13.8. The molecule has 12 nitrogen and oxygen atoms in total. The van der Waals surface area contributed by atoms with Gasteiger partial charge in [-0.05, 0) is 49.8 Å². The Labute approximate surface area is 239 Å². The van der Waals surface area contributed by atoms with Gasteiger partial charge < -0.3 is 24.0 Å². The molecule has 2 N–H and O–H groups in total. The third-order valence-corrected chi connectivity index (χ3v) is 9.58. The second-order valence-corrected chi connectivity index (χ2v) is 13.1. The largest absolute Gasteiger partial charge is 0.477 e. The first-order valence-electron chi connectivity index (χ1n) is 14.0. The van der Waals surface area contributed by atoms with Gasteiger partial charge in [0, 0.05) is 68.8 Å². The molecule has 3 aliphatic heterocycles. The van der Waals surface area contributed by atoms with Gasteiger partial charge in [0.15, 0.2) is 0 Å². The molecule has 5 heterocycles. The monoisotopic (exact) mass is 585 g/mol. The number of sulfonamides is 1. The molecule has 13 heteroatoms. The molecule has 2 aromatic rings. The summed E-state index contributed by atoms with van der Waals surface area (Å²) in [4.78, 5) is 38.9. The van der Waals surface area contributed by atoms with Gasteiger partial charge in [-0.15, -0.1) is 0 Å². The summed E-state index contributed by atoms with van der Waals surface area (Å²) in [6, 6.07) is 6.26. The highest BCUT2D eigenvalue weighted by Gasteiger charge is 2.55. The first-order chi connectivity index (χ1) is 19.6. The summed E-state index contributed by atoms with van der Waals surface area (Å²) in [6.07, 6.45) is 5.12. The average molecular weight is 586 g/mol. The first kappa shape index (κ1) is 28.0. The van der Waals surface area contributed by atoms with E-state index in [-0.39, 0.29) is 28.3 Å². The number of likely N-dealkylation sites (tertiary alicyclic amines) is 2. The number of carbonyl (C=O) groups is 2. The van der Waals surface area contributed by atoms with Crippen molar-refractivity contribution in [3.8, 4) is 5.88 Å². The van der Waals surface area contributed by atoms with Gasteiger partial charge in [-0.25, -0.2) is 23.5 Å². The van der Waals surface area contributed by atoms with Crippen LogP contribution in [0.1, 0.15) is 58.1 Å². The lowest BCUT2D eigenvalue weighted by molar-refractivity contribution is -0.0111. The van der Waals surface area contributed by atoms with Crippen LogP contribution in [0, 0.1) is 11.8 Å². The molecule has 3 saturated heterocycles. The number of carbonyl (C=O) groups excluding carboxylic acids is 2. The molecule has 220 valence electrons. The second-order valence-electron chi connectivity index (χ2n) is 11.5. The maximum Gasteiger partial charge on any atom is 0.272 e. The van der Waals surface area contributed by atoms with E-state index in [1.165, 1.54) is 12.1 Å². The van der Waals surface area contributed by atoms with Gasteiger partial charge in [-0.2, -0.15) is 0 Å². The van der Waals surface area contributed by atoms with E-state index in [0.717, 1.165) is 50.8 Å². The predicted octanol–water partition coefficient (Wildman–Crippen LogP) is 1.42. The lowest BCUT2D eigenvalue weighted by Crippen LogP contribution is -2.44. The molecule has 4 fully saturated rings. The molecule has 2 amide bonds. The third kappa shape index (κ3) is 5.81. The van der Waals surface area contributed by atoms with Gasteiger partial charge in [-0.1, -0.05) is 0 Å². The minimum Gasteiger partial charge on any atom is -0.477 e. The normalized spacial score (nSPS) is 24.9. The van der Waals surface area contributed by atoms with Crippen molar-refractivity contribution in [3.63, 3.8) is 0 Å². The smallest absolute Gasteiger partial charge is 0.272 e. The summed E-state index contributed by atoms with van der Waals surface area (Å²) >= 11 is 0. The van der Waals surface area contributed by atoms with Crippen molar-refractivity contribution in [3.05, 3.63) is 47.4 Å². The van der Waals surface area contributed by atoms with Gasteiger partial charge in [0.05, 0.1) is 19.7 Å². The molecule has 2 aromatic heterocycles. The fraction of sp³-hybridized carbons (Fsp3) is 0.571. The lowest BCUT2D eigenvalue weighted by atomic mass is 9.95. The van der Waals surface area contributed by atoms with Crippen LogP contribution in [0.2, 0.25) is 0 Å². The zero-order chi connectivity index (χ0) is 28.8. The van der Waals surface area contributed by atoms with E-state index in [2.05, 4.69) is 4.98 Å². The van der Waals surface area contributed by atoms with E-state index in [1.54, 1.807) is 23.0 Å². The molecular weight excluding hydrogens is 550 g/mol. The van der Waals surface area contributed by atoms with E-state index in [0.29, 0.717) is 56.1 Å². The molecule has 1 saturated carbocycles. The fourth-order valence-electron chi connectivity index (χ4n) is 6.06. The highest BCUT2D eigenvalue weighted by Crippen LogP contribution is 2.41. The number of hydrogen-bond donors (Lipinski definition) is 1. The highest BCUT2D eigenvalue weighted by molar-refractivity contribution is 7.89. The van der Waals surface area contributed by atoms with Gasteiger partial charge in [0.1, 0.15) is 16.2 Å². The Hall–Kier alpha value is -3.13. The topological polar surface area (TPSA) is 154 Å². The van der Waals surface area contributed by atoms with Gasteiger partial charge in [-0.3, -0.25) is 9.59 Å². The number of pyridine rings is 2. The van der Waals surface area contributed by atoms with Gasteiger partial charge in [0.2, 0.25) is 15.9 Å². The number of methoxy groups -OCH3 is 1. The van der Waals surface area contributed by atoms with Crippen LogP contribution in [0.15, 0.2) is 35.4 Å². The zero-order valence-corrected chi connectivity index (χ0v) is 23.8. The molecule has 0 aromatic carbocycles. The standard InChI is InChI=1S/C28H35N5O7S/c1-38-28-16-32(13-21(28)14-33(17-28)27(35)23-5-4-22(12-30-23)41(29,36)37)26(34)20-10-24(19-2-3-19)31-25(11-20)40-15-18-6-8-39-9-7-18/h4-5,10-12,18-19,21H,2-3,6-9,13-17H2,1H3,(H2,29,36,37)/t21-,28+/m1/s1. The van der Waals surface area contributed by atoms with Crippen molar-refractivity contribution in [2.24, 2.45) is 17.0 Å². The summed E-state index contributed by atoms with van der Waals surface area (Å²) in [7, 11) is -2.30. The van der Waals surface area contributed by atoms with Crippen molar-refractivity contribution in [2.45, 2.75) is 42.1 Å².